The molecule has 4 heteroatoms. The van der Waals surface area contributed by atoms with Crippen molar-refractivity contribution < 1.29 is 0 Å². The fraction of sp³-hybridized carbons (Fsp3) is 0. The van der Waals surface area contributed by atoms with E-state index in [1.54, 1.807) is 0 Å². The van der Waals surface area contributed by atoms with Crippen LogP contribution in [-0.4, -0.2) is 18.9 Å². The third-order valence-corrected chi connectivity index (χ3v) is 8.15. The van der Waals surface area contributed by atoms with Gasteiger partial charge in [-0.2, -0.15) is 0 Å². The van der Waals surface area contributed by atoms with Crippen molar-refractivity contribution in [3.05, 3.63) is 134 Å². The van der Waals surface area contributed by atoms with Gasteiger partial charge in [0.05, 0.1) is 34.0 Å². The van der Waals surface area contributed by atoms with E-state index in [4.69, 9.17) is 4.98 Å². The molecule has 5 aromatic carbocycles. The number of imidazole rings is 1. The summed E-state index contributed by atoms with van der Waals surface area (Å²) in [7, 11) is 0. The van der Waals surface area contributed by atoms with Gasteiger partial charge in [0.2, 0.25) is 0 Å². The molecule has 40 heavy (non-hydrogen) atoms. The number of hydrogen-bond donors (Lipinski definition) is 0. The fourth-order valence-electron chi connectivity index (χ4n) is 6.43. The van der Waals surface area contributed by atoms with Gasteiger partial charge in [0.1, 0.15) is 11.2 Å². The molecule has 0 spiro atoms. The molecule has 0 saturated carbocycles. The monoisotopic (exact) mass is 510 g/mol. The van der Waals surface area contributed by atoms with Crippen LogP contribution >= 0.6 is 0 Å². The minimum absolute atomic E-state index is 0.977. The molecule has 0 aliphatic heterocycles. The number of fused-ring (bicyclic) bond motifs is 12. The smallest absolute Gasteiger partial charge is 0.146 e. The normalized spacial score (nSPS) is 12.0. The number of aromatic nitrogens is 4. The van der Waals surface area contributed by atoms with E-state index in [0.717, 1.165) is 55.4 Å². The summed E-state index contributed by atoms with van der Waals surface area (Å²) in [5, 5.41) is 5.99. The lowest BCUT2D eigenvalue weighted by Crippen LogP contribution is -1.96. The number of hydrogen-bond acceptors (Lipinski definition) is 2. The van der Waals surface area contributed by atoms with Crippen molar-refractivity contribution in [1.29, 1.82) is 0 Å². The molecule has 0 bridgehead atoms. The molecule has 9 aromatic rings. The van der Waals surface area contributed by atoms with Crippen molar-refractivity contribution in [3.63, 3.8) is 0 Å². The van der Waals surface area contributed by atoms with E-state index < -0.39 is 0 Å². The zero-order chi connectivity index (χ0) is 26.2. The highest BCUT2D eigenvalue weighted by Gasteiger charge is 2.20. The predicted octanol–water partition coefficient (Wildman–Crippen LogP) is 8.95. The minimum Gasteiger partial charge on any atom is -0.305 e. The van der Waals surface area contributed by atoms with Gasteiger partial charge in [-0.3, -0.25) is 9.38 Å². The highest BCUT2D eigenvalue weighted by molar-refractivity contribution is 6.20. The molecule has 4 aromatic heterocycles. The topological polar surface area (TPSA) is 35.1 Å². The zero-order valence-electron chi connectivity index (χ0n) is 21.5. The Morgan fingerprint density at radius 3 is 1.98 bits per heavy atom. The number of pyridine rings is 2. The largest absolute Gasteiger partial charge is 0.305 e. The van der Waals surface area contributed by atoms with Gasteiger partial charge in [0.25, 0.3) is 0 Å². The van der Waals surface area contributed by atoms with Crippen LogP contribution in [0.4, 0.5) is 0 Å². The van der Waals surface area contributed by atoms with E-state index in [-0.39, 0.29) is 0 Å². The van der Waals surface area contributed by atoms with Crippen molar-refractivity contribution in [2.24, 2.45) is 0 Å². The molecule has 0 N–H and O–H groups in total. The minimum atomic E-state index is 0.977. The number of nitrogens with zero attached hydrogens (tertiary/aromatic N) is 4. The van der Waals surface area contributed by atoms with E-state index in [1.165, 1.54) is 21.5 Å². The summed E-state index contributed by atoms with van der Waals surface area (Å²) >= 11 is 0. The van der Waals surface area contributed by atoms with Crippen molar-refractivity contribution in [2.45, 2.75) is 0 Å². The van der Waals surface area contributed by atoms with Crippen molar-refractivity contribution >= 4 is 60.2 Å². The second-order valence-electron chi connectivity index (χ2n) is 10.3. The zero-order valence-corrected chi connectivity index (χ0v) is 21.5. The predicted molar refractivity (Wildman–Crippen MR) is 165 cm³/mol. The molecule has 0 radical (unpaired) electrons. The Kier molecular flexibility index (Phi) is 4.30. The van der Waals surface area contributed by atoms with Crippen molar-refractivity contribution in [3.8, 4) is 16.8 Å². The van der Waals surface area contributed by atoms with Gasteiger partial charge in [-0.15, -0.1) is 0 Å². The third-order valence-electron chi connectivity index (χ3n) is 8.15. The maximum Gasteiger partial charge on any atom is 0.146 e. The molecule has 186 valence electrons. The number of para-hydroxylation sites is 2. The molecule has 0 aliphatic carbocycles. The molecule has 0 aliphatic rings. The van der Waals surface area contributed by atoms with Crippen LogP contribution in [0.5, 0.6) is 0 Å². The summed E-state index contributed by atoms with van der Waals surface area (Å²) in [6, 6.07) is 43.0. The number of rotatable bonds is 2. The molecule has 9 rings (SSSR count). The summed E-state index contributed by atoms with van der Waals surface area (Å²) in [4.78, 5) is 10.1. The first kappa shape index (κ1) is 21.5. The Hall–Kier alpha value is -5.48. The van der Waals surface area contributed by atoms with E-state index in [0.29, 0.717) is 0 Å². The Balaban J connectivity index is 1.48. The molecule has 0 unspecified atom stereocenters. The van der Waals surface area contributed by atoms with Gasteiger partial charge in [-0.25, -0.2) is 4.98 Å². The SMILES string of the molecule is c1ccc(-c2cncc(-n3c4ccccc4c4ccc5c(nc6c7ccccc7c7ccccc7n56)c43)c2)cc1. The van der Waals surface area contributed by atoms with Crippen LogP contribution in [-0.2, 0) is 0 Å². The van der Waals surface area contributed by atoms with Crippen LogP contribution in [0.1, 0.15) is 0 Å². The van der Waals surface area contributed by atoms with Gasteiger partial charge in [-0.05, 0) is 41.3 Å². The Bertz CT molecular complexity index is 2430. The van der Waals surface area contributed by atoms with Crippen LogP contribution in [0.25, 0.3) is 77.0 Å². The molecule has 4 nitrogen and oxygen atoms in total. The highest BCUT2D eigenvalue weighted by Crippen LogP contribution is 2.39. The average molecular weight is 511 g/mol. The van der Waals surface area contributed by atoms with E-state index >= 15 is 0 Å². The van der Waals surface area contributed by atoms with E-state index in [9.17, 15) is 0 Å². The average Bonchev–Trinajstić information content (AvgIpc) is 3.59. The van der Waals surface area contributed by atoms with Crippen LogP contribution < -0.4 is 0 Å². The molecule has 0 amide bonds. The van der Waals surface area contributed by atoms with Crippen LogP contribution in [0.15, 0.2) is 134 Å². The Labute approximate surface area is 229 Å². The first-order valence-electron chi connectivity index (χ1n) is 13.5. The molecule has 0 saturated heterocycles. The summed E-state index contributed by atoms with van der Waals surface area (Å²) in [5.41, 5.74) is 9.72. The summed E-state index contributed by atoms with van der Waals surface area (Å²) in [6.07, 6.45) is 3.89. The summed E-state index contributed by atoms with van der Waals surface area (Å²) in [5.74, 6) is 0. The van der Waals surface area contributed by atoms with E-state index in [2.05, 4.69) is 129 Å². The lowest BCUT2D eigenvalue weighted by atomic mass is 10.1. The van der Waals surface area contributed by atoms with Gasteiger partial charge in [0, 0.05) is 33.3 Å². The maximum absolute atomic E-state index is 5.41. The van der Waals surface area contributed by atoms with Crippen molar-refractivity contribution in [2.75, 3.05) is 0 Å². The molecule has 0 fully saturated rings. The van der Waals surface area contributed by atoms with Crippen molar-refractivity contribution in [1.82, 2.24) is 18.9 Å². The van der Waals surface area contributed by atoms with Gasteiger partial charge in [0.15, 0.2) is 0 Å². The first-order valence-corrected chi connectivity index (χ1v) is 13.5. The third kappa shape index (κ3) is 2.85. The van der Waals surface area contributed by atoms with Gasteiger partial charge >= 0.3 is 0 Å². The lowest BCUT2D eigenvalue weighted by molar-refractivity contribution is 1.14. The molecular formula is C36H22N4. The van der Waals surface area contributed by atoms with Crippen LogP contribution in [0.3, 0.4) is 0 Å². The second-order valence-corrected chi connectivity index (χ2v) is 10.3. The van der Waals surface area contributed by atoms with Crippen LogP contribution in [0.2, 0.25) is 0 Å². The number of benzene rings is 5. The molecule has 0 atom stereocenters. The Morgan fingerprint density at radius 1 is 0.475 bits per heavy atom. The van der Waals surface area contributed by atoms with E-state index in [1.807, 2.05) is 18.5 Å². The summed E-state index contributed by atoms with van der Waals surface area (Å²) < 4.78 is 4.66. The first-order chi connectivity index (χ1) is 19.9. The molecular weight excluding hydrogens is 488 g/mol. The van der Waals surface area contributed by atoms with Crippen LogP contribution in [0, 0.1) is 0 Å². The lowest BCUT2D eigenvalue weighted by Gasteiger charge is -2.10. The van der Waals surface area contributed by atoms with Gasteiger partial charge < -0.3 is 4.57 Å². The standard InChI is InChI=1S/C36H22N4/c1-2-10-23(11-3-1)24-20-25(22-37-21-24)39-31-16-8-7-14-28(31)29-18-19-33-34(35(29)39)38-36-30-15-5-4-12-26(30)27-13-6-9-17-32(27)40(33)36/h1-22H. The maximum atomic E-state index is 5.41. The Morgan fingerprint density at radius 2 is 1.15 bits per heavy atom. The summed E-state index contributed by atoms with van der Waals surface area (Å²) in [6.45, 7) is 0. The fourth-order valence-corrected chi connectivity index (χ4v) is 6.43. The quantitative estimate of drug-likeness (QED) is 0.218. The second kappa shape index (κ2) is 8.01. The highest BCUT2D eigenvalue weighted by atomic mass is 15.1. The van der Waals surface area contributed by atoms with Gasteiger partial charge in [-0.1, -0.05) is 91.0 Å². The molecule has 4 heterocycles.